The summed E-state index contributed by atoms with van der Waals surface area (Å²) in [5.74, 6) is -0.0941. The van der Waals surface area contributed by atoms with Gasteiger partial charge in [0.05, 0.1) is 17.5 Å². The van der Waals surface area contributed by atoms with Crippen LogP contribution in [-0.4, -0.2) is 42.3 Å². The largest absolute Gasteiger partial charge is 0.316 e. The first kappa shape index (κ1) is 17.8. The van der Waals surface area contributed by atoms with E-state index in [-0.39, 0.29) is 34.6 Å². The summed E-state index contributed by atoms with van der Waals surface area (Å²) in [4.78, 5) is 18.4. The lowest BCUT2D eigenvalue weighted by atomic mass is 10.1. The summed E-state index contributed by atoms with van der Waals surface area (Å²) < 4.78 is 24.0. The van der Waals surface area contributed by atoms with E-state index in [9.17, 15) is 13.2 Å². The predicted molar refractivity (Wildman–Crippen MR) is 99.6 cm³/mol. The van der Waals surface area contributed by atoms with E-state index < -0.39 is 9.84 Å². The Morgan fingerprint density at radius 1 is 1.38 bits per heavy atom. The highest BCUT2D eigenvalue weighted by Crippen LogP contribution is 2.41. The number of aliphatic imine (C=N–C) groups is 1. The fourth-order valence-corrected chi connectivity index (χ4v) is 6.89. The summed E-state index contributed by atoms with van der Waals surface area (Å²) in [5.41, 5.74) is 0.812. The molecule has 0 unspecified atom stereocenters. The molecule has 2 fully saturated rings. The van der Waals surface area contributed by atoms with Crippen molar-refractivity contribution in [3.05, 3.63) is 29.3 Å². The van der Waals surface area contributed by atoms with Crippen molar-refractivity contribution < 1.29 is 13.2 Å². The van der Waals surface area contributed by atoms with Crippen LogP contribution in [0.2, 0.25) is 5.02 Å². The zero-order valence-electron chi connectivity index (χ0n) is 13.5. The van der Waals surface area contributed by atoms with Crippen LogP contribution in [0.4, 0.5) is 5.69 Å². The van der Waals surface area contributed by atoms with Crippen LogP contribution in [0.3, 0.4) is 0 Å². The van der Waals surface area contributed by atoms with E-state index in [1.807, 2.05) is 30.9 Å². The second-order valence-corrected chi connectivity index (χ2v) is 9.99. The number of carbonyl (C=O) groups is 1. The number of sulfone groups is 1. The number of carbonyl (C=O) groups excluding carboxylic acids is 1. The molecule has 2 heterocycles. The first-order valence-corrected chi connectivity index (χ1v) is 10.9. The van der Waals surface area contributed by atoms with Crippen molar-refractivity contribution >= 4 is 50.0 Å². The molecule has 8 heteroatoms. The Balaban J connectivity index is 1.98. The van der Waals surface area contributed by atoms with Gasteiger partial charge in [0.15, 0.2) is 15.0 Å². The van der Waals surface area contributed by atoms with Crippen LogP contribution >= 0.6 is 23.4 Å². The molecule has 2 aliphatic rings. The number of anilines is 1. The molecule has 2 aliphatic heterocycles. The minimum atomic E-state index is -3.06. The smallest absolute Gasteiger partial charge is 0.250 e. The molecule has 0 bridgehead atoms. The van der Waals surface area contributed by atoms with Crippen LogP contribution in [0.25, 0.3) is 0 Å². The Morgan fingerprint density at radius 3 is 2.67 bits per heavy atom. The third-order valence-electron chi connectivity index (χ3n) is 4.41. The van der Waals surface area contributed by atoms with Crippen LogP contribution in [0.15, 0.2) is 29.3 Å². The molecule has 0 aliphatic carbocycles. The highest BCUT2D eigenvalue weighted by molar-refractivity contribution is 8.16. The number of amidine groups is 1. The maximum atomic E-state index is 12.2. The van der Waals surface area contributed by atoms with Crippen molar-refractivity contribution in [1.82, 2.24) is 0 Å². The Kier molecular flexibility index (Phi) is 4.95. The lowest BCUT2D eigenvalue weighted by Crippen LogP contribution is -2.37. The van der Waals surface area contributed by atoms with Crippen LogP contribution in [0, 0.1) is 5.92 Å². The van der Waals surface area contributed by atoms with E-state index in [1.165, 1.54) is 11.8 Å². The van der Waals surface area contributed by atoms with Crippen LogP contribution in [-0.2, 0) is 14.6 Å². The monoisotopic (exact) mass is 386 g/mol. The SMILES string of the molecule is CC[C@H](C)C(=O)N=C1S[C@@H]2CS(=O)(=O)C[C@H]2N1c1ccc(Cl)cc1. The Hall–Kier alpha value is -1.05. The quantitative estimate of drug-likeness (QED) is 0.798. The van der Waals surface area contributed by atoms with Gasteiger partial charge in [-0.15, -0.1) is 0 Å². The molecular formula is C16H19ClN2O3S2. The molecule has 5 nitrogen and oxygen atoms in total. The summed E-state index contributed by atoms with van der Waals surface area (Å²) in [5, 5.41) is 1.11. The summed E-state index contributed by atoms with van der Waals surface area (Å²) in [6.07, 6.45) is 0.725. The molecule has 0 radical (unpaired) electrons. The number of amides is 1. The second-order valence-electron chi connectivity index (χ2n) is 6.19. The molecule has 2 saturated heterocycles. The third-order valence-corrected chi connectivity index (χ3v) is 7.87. The molecule has 0 N–H and O–H groups in total. The lowest BCUT2D eigenvalue weighted by Gasteiger charge is -2.24. The normalized spacial score (nSPS) is 28.1. The van der Waals surface area contributed by atoms with Gasteiger partial charge in [0.2, 0.25) is 0 Å². The standard InChI is InChI=1S/C16H19ClN2O3S2/c1-3-10(2)15(20)18-16-19(12-6-4-11(17)5-7-12)13-8-24(21,22)9-14(13)23-16/h4-7,10,13-14H,3,8-9H2,1-2H3/t10-,13+,14+/m0/s1. The maximum absolute atomic E-state index is 12.2. The Labute approximate surface area is 151 Å². The number of rotatable bonds is 3. The molecule has 1 aromatic carbocycles. The summed E-state index contributed by atoms with van der Waals surface area (Å²) in [6, 6.07) is 6.99. The van der Waals surface area contributed by atoms with Gasteiger partial charge in [0.1, 0.15) is 0 Å². The van der Waals surface area contributed by atoms with Crippen molar-refractivity contribution in [3.63, 3.8) is 0 Å². The summed E-state index contributed by atoms with van der Waals surface area (Å²) in [6.45, 7) is 3.80. The van der Waals surface area contributed by atoms with Crippen molar-refractivity contribution in [1.29, 1.82) is 0 Å². The zero-order valence-corrected chi connectivity index (χ0v) is 15.9. The van der Waals surface area contributed by atoms with Gasteiger partial charge in [-0.1, -0.05) is 37.2 Å². The number of halogens is 1. The van der Waals surface area contributed by atoms with Crippen molar-refractivity contribution in [3.8, 4) is 0 Å². The van der Waals surface area contributed by atoms with Crippen molar-refractivity contribution in [2.45, 2.75) is 31.6 Å². The van der Waals surface area contributed by atoms with Crippen molar-refractivity contribution in [2.24, 2.45) is 10.9 Å². The number of hydrogen-bond acceptors (Lipinski definition) is 4. The Morgan fingerprint density at radius 2 is 2.04 bits per heavy atom. The molecule has 1 aromatic rings. The minimum Gasteiger partial charge on any atom is -0.316 e. The van der Waals surface area contributed by atoms with E-state index in [0.29, 0.717) is 10.2 Å². The van der Waals surface area contributed by atoms with E-state index in [0.717, 1.165) is 12.1 Å². The number of hydrogen-bond donors (Lipinski definition) is 0. The maximum Gasteiger partial charge on any atom is 0.250 e. The highest BCUT2D eigenvalue weighted by atomic mass is 35.5. The first-order valence-electron chi connectivity index (χ1n) is 7.85. The molecule has 130 valence electrons. The van der Waals surface area contributed by atoms with Gasteiger partial charge < -0.3 is 4.90 Å². The van der Waals surface area contributed by atoms with E-state index in [4.69, 9.17) is 11.6 Å². The van der Waals surface area contributed by atoms with Gasteiger partial charge >= 0.3 is 0 Å². The van der Waals surface area contributed by atoms with Gasteiger partial charge in [-0.3, -0.25) is 4.79 Å². The van der Waals surface area contributed by atoms with Crippen LogP contribution in [0.5, 0.6) is 0 Å². The van der Waals surface area contributed by atoms with Crippen LogP contribution < -0.4 is 4.90 Å². The fraction of sp³-hybridized carbons (Fsp3) is 0.500. The number of nitrogens with zero attached hydrogens (tertiary/aromatic N) is 2. The number of benzene rings is 1. The van der Waals surface area contributed by atoms with Gasteiger partial charge in [0, 0.05) is 21.9 Å². The molecule has 0 spiro atoms. The van der Waals surface area contributed by atoms with Crippen molar-refractivity contribution in [2.75, 3.05) is 16.4 Å². The Bertz CT molecular complexity index is 777. The predicted octanol–water partition coefficient (Wildman–Crippen LogP) is 2.99. The highest BCUT2D eigenvalue weighted by Gasteiger charge is 2.49. The zero-order chi connectivity index (χ0) is 17.5. The molecule has 3 rings (SSSR count). The van der Waals surface area contributed by atoms with Gasteiger partial charge in [-0.2, -0.15) is 4.99 Å². The number of thioether (sulfide) groups is 1. The average Bonchev–Trinajstić information content (AvgIpc) is 2.98. The summed E-state index contributed by atoms with van der Waals surface area (Å²) >= 11 is 7.34. The molecular weight excluding hydrogens is 368 g/mol. The minimum absolute atomic E-state index is 0.0871. The second kappa shape index (κ2) is 6.69. The van der Waals surface area contributed by atoms with Gasteiger partial charge in [-0.05, 0) is 30.7 Å². The molecule has 24 heavy (non-hydrogen) atoms. The molecule has 0 saturated carbocycles. The average molecular weight is 387 g/mol. The third kappa shape index (κ3) is 3.48. The van der Waals surface area contributed by atoms with Gasteiger partial charge in [0.25, 0.3) is 5.91 Å². The van der Waals surface area contributed by atoms with Gasteiger partial charge in [-0.25, -0.2) is 8.42 Å². The lowest BCUT2D eigenvalue weighted by molar-refractivity contribution is -0.121. The molecule has 1 amide bonds. The van der Waals surface area contributed by atoms with E-state index in [2.05, 4.69) is 4.99 Å². The topological polar surface area (TPSA) is 66.8 Å². The summed E-state index contributed by atoms with van der Waals surface area (Å²) in [7, 11) is -3.06. The molecule has 0 aromatic heterocycles. The number of fused-ring (bicyclic) bond motifs is 1. The van der Waals surface area contributed by atoms with E-state index in [1.54, 1.807) is 12.1 Å². The van der Waals surface area contributed by atoms with Crippen LogP contribution in [0.1, 0.15) is 20.3 Å². The van der Waals surface area contributed by atoms with E-state index >= 15 is 0 Å². The fourth-order valence-electron chi connectivity index (χ4n) is 2.85. The first-order chi connectivity index (χ1) is 11.3. The molecule has 3 atom stereocenters.